The summed E-state index contributed by atoms with van der Waals surface area (Å²) in [4.78, 5) is 9.80. The second-order valence-corrected chi connectivity index (χ2v) is 3.42. The summed E-state index contributed by atoms with van der Waals surface area (Å²) in [5.74, 6) is 0.165. The van der Waals surface area contributed by atoms with Gasteiger partial charge in [-0.15, -0.1) is 0 Å². The lowest BCUT2D eigenvalue weighted by Gasteiger charge is -2.16. The van der Waals surface area contributed by atoms with Gasteiger partial charge in [-0.25, -0.2) is 14.4 Å². The van der Waals surface area contributed by atoms with Crippen molar-refractivity contribution in [3.63, 3.8) is 0 Å². The molecular formula is C14H15FN4. The normalized spacial score (nSPS) is 9.00. The molecule has 0 N–H and O–H groups in total. The molecule has 0 aliphatic carbocycles. The molecule has 19 heavy (non-hydrogen) atoms. The quantitative estimate of drug-likeness (QED) is 0.829. The molecule has 0 bridgehead atoms. The van der Waals surface area contributed by atoms with Crippen molar-refractivity contribution in [1.29, 1.82) is 5.26 Å². The van der Waals surface area contributed by atoms with Gasteiger partial charge < -0.3 is 4.90 Å². The maximum absolute atomic E-state index is 12.8. The highest BCUT2D eigenvalue weighted by Crippen LogP contribution is 2.19. The molecule has 2 rings (SSSR count). The standard InChI is InChI=1S/C12H9FN4.C2H6/c1-17(11-4-2-10(13)3-5-11)12-15-7-9(6-14)8-16-12;1-2/h2-5,7-8H,1H3;1-2H3. The fourth-order valence-corrected chi connectivity index (χ4v) is 1.33. The van der Waals surface area contributed by atoms with Crippen LogP contribution in [0.25, 0.3) is 0 Å². The van der Waals surface area contributed by atoms with Crippen LogP contribution in [0.5, 0.6) is 0 Å². The predicted molar refractivity (Wildman–Crippen MR) is 72.6 cm³/mol. The minimum Gasteiger partial charge on any atom is -0.314 e. The van der Waals surface area contributed by atoms with Gasteiger partial charge in [-0.05, 0) is 24.3 Å². The van der Waals surface area contributed by atoms with E-state index in [2.05, 4.69) is 9.97 Å². The minimum atomic E-state index is -0.289. The first-order chi connectivity index (χ1) is 9.20. The Morgan fingerprint density at radius 2 is 1.63 bits per heavy atom. The van der Waals surface area contributed by atoms with Gasteiger partial charge in [-0.3, -0.25) is 0 Å². The van der Waals surface area contributed by atoms with Crippen molar-refractivity contribution in [3.8, 4) is 6.07 Å². The van der Waals surface area contributed by atoms with E-state index in [0.717, 1.165) is 5.69 Å². The Kier molecular flexibility index (Phi) is 5.42. The Bertz CT molecular complexity index is 543. The first kappa shape index (κ1) is 14.6. The highest BCUT2D eigenvalue weighted by molar-refractivity contribution is 5.55. The number of halogens is 1. The number of hydrogen-bond donors (Lipinski definition) is 0. The first-order valence-corrected chi connectivity index (χ1v) is 5.92. The molecular weight excluding hydrogens is 243 g/mol. The molecule has 0 spiro atoms. The zero-order valence-corrected chi connectivity index (χ0v) is 11.1. The molecule has 0 fully saturated rings. The monoisotopic (exact) mass is 258 g/mol. The molecule has 0 aliphatic heterocycles. The van der Waals surface area contributed by atoms with E-state index in [4.69, 9.17) is 5.26 Å². The van der Waals surface area contributed by atoms with Crippen molar-refractivity contribution >= 4 is 11.6 Å². The van der Waals surface area contributed by atoms with Gasteiger partial charge in [0.2, 0.25) is 5.95 Å². The smallest absolute Gasteiger partial charge is 0.229 e. The van der Waals surface area contributed by atoms with E-state index >= 15 is 0 Å². The maximum Gasteiger partial charge on any atom is 0.229 e. The molecule has 0 amide bonds. The Morgan fingerprint density at radius 1 is 1.11 bits per heavy atom. The lowest BCUT2D eigenvalue weighted by atomic mass is 10.3. The number of nitrogens with zero attached hydrogens (tertiary/aromatic N) is 4. The maximum atomic E-state index is 12.8. The predicted octanol–water partition coefficient (Wildman–Crippen LogP) is 3.28. The lowest BCUT2D eigenvalue weighted by Crippen LogP contribution is -2.12. The van der Waals surface area contributed by atoms with E-state index in [9.17, 15) is 4.39 Å². The largest absolute Gasteiger partial charge is 0.314 e. The second-order valence-electron chi connectivity index (χ2n) is 3.42. The summed E-state index contributed by atoms with van der Waals surface area (Å²) in [6.07, 6.45) is 2.89. The number of aromatic nitrogens is 2. The van der Waals surface area contributed by atoms with E-state index in [-0.39, 0.29) is 5.82 Å². The van der Waals surface area contributed by atoms with Gasteiger partial charge in [0.25, 0.3) is 0 Å². The Morgan fingerprint density at radius 3 is 2.11 bits per heavy atom. The third kappa shape index (κ3) is 3.75. The van der Waals surface area contributed by atoms with E-state index < -0.39 is 0 Å². The molecule has 0 atom stereocenters. The number of nitriles is 1. The summed E-state index contributed by atoms with van der Waals surface area (Å²) in [5, 5.41) is 8.63. The van der Waals surface area contributed by atoms with E-state index in [0.29, 0.717) is 11.5 Å². The number of hydrogen-bond acceptors (Lipinski definition) is 4. The Hall–Kier alpha value is -2.48. The molecule has 2 aromatic rings. The van der Waals surface area contributed by atoms with Crippen molar-refractivity contribution in [2.75, 3.05) is 11.9 Å². The highest BCUT2D eigenvalue weighted by atomic mass is 19.1. The van der Waals surface area contributed by atoms with Gasteiger partial charge in [0.15, 0.2) is 0 Å². The van der Waals surface area contributed by atoms with Crippen LogP contribution < -0.4 is 4.90 Å². The van der Waals surface area contributed by atoms with E-state index in [1.165, 1.54) is 24.5 Å². The van der Waals surface area contributed by atoms with Gasteiger partial charge in [0.05, 0.1) is 18.0 Å². The van der Waals surface area contributed by atoms with Crippen molar-refractivity contribution in [1.82, 2.24) is 9.97 Å². The number of rotatable bonds is 2. The SMILES string of the molecule is CC.CN(c1ccc(F)cc1)c1ncc(C#N)cn1. The number of anilines is 2. The van der Waals surface area contributed by atoms with Crippen LogP contribution in [0.2, 0.25) is 0 Å². The fraction of sp³-hybridized carbons (Fsp3) is 0.214. The van der Waals surface area contributed by atoms with Crippen LogP contribution in [-0.2, 0) is 0 Å². The summed E-state index contributed by atoms with van der Waals surface area (Å²) >= 11 is 0. The summed E-state index contributed by atoms with van der Waals surface area (Å²) in [6.45, 7) is 4.00. The summed E-state index contributed by atoms with van der Waals surface area (Å²) in [5.41, 5.74) is 1.18. The molecule has 5 heteroatoms. The van der Waals surface area contributed by atoms with Crippen molar-refractivity contribution < 1.29 is 4.39 Å². The second kappa shape index (κ2) is 7.07. The molecule has 0 radical (unpaired) electrons. The molecule has 1 heterocycles. The minimum absolute atomic E-state index is 0.289. The van der Waals surface area contributed by atoms with Crippen molar-refractivity contribution in [2.45, 2.75) is 13.8 Å². The Labute approximate surface area is 112 Å². The van der Waals surface area contributed by atoms with Crippen LogP contribution in [0, 0.1) is 17.1 Å². The van der Waals surface area contributed by atoms with Gasteiger partial charge in [-0.2, -0.15) is 5.26 Å². The molecule has 98 valence electrons. The van der Waals surface area contributed by atoms with Crippen LogP contribution in [-0.4, -0.2) is 17.0 Å². The van der Waals surface area contributed by atoms with E-state index in [1.54, 1.807) is 24.1 Å². The topological polar surface area (TPSA) is 52.8 Å². The van der Waals surface area contributed by atoms with Crippen molar-refractivity contribution in [3.05, 3.63) is 48.0 Å². The summed E-state index contributed by atoms with van der Waals surface area (Å²) in [7, 11) is 1.77. The van der Waals surface area contributed by atoms with Crippen LogP contribution in [0.1, 0.15) is 19.4 Å². The van der Waals surface area contributed by atoms with Crippen LogP contribution >= 0.6 is 0 Å². The lowest BCUT2D eigenvalue weighted by molar-refractivity contribution is 0.628. The first-order valence-electron chi connectivity index (χ1n) is 5.92. The molecule has 0 unspecified atom stereocenters. The Balaban J connectivity index is 0.000000861. The number of benzene rings is 1. The summed E-state index contributed by atoms with van der Waals surface area (Å²) in [6, 6.07) is 7.96. The molecule has 0 saturated carbocycles. The fourth-order valence-electron chi connectivity index (χ4n) is 1.33. The zero-order chi connectivity index (χ0) is 14.3. The summed E-state index contributed by atoms with van der Waals surface area (Å²) < 4.78 is 12.8. The van der Waals surface area contributed by atoms with Gasteiger partial charge in [0, 0.05) is 12.7 Å². The molecule has 1 aromatic heterocycles. The molecule has 1 aromatic carbocycles. The van der Waals surface area contributed by atoms with Gasteiger partial charge >= 0.3 is 0 Å². The molecule has 0 aliphatic rings. The average molecular weight is 258 g/mol. The van der Waals surface area contributed by atoms with Gasteiger partial charge in [-0.1, -0.05) is 13.8 Å². The van der Waals surface area contributed by atoms with Crippen LogP contribution in [0.15, 0.2) is 36.7 Å². The molecule has 0 saturated heterocycles. The van der Waals surface area contributed by atoms with Gasteiger partial charge in [0.1, 0.15) is 11.9 Å². The van der Waals surface area contributed by atoms with Crippen molar-refractivity contribution in [2.24, 2.45) is 0 Å². The zero-order valence-electron chi connectivity index (χ0n) is 11.1. The molecule has 4 nitrogen and oxygen atoms in total. The van der Waals surface area contributed by atoms with Crippen LogP contribution in [0.3, 0.4) is 0 Å². The van der Waals surface area contributed by atoms with E-state index in [1.807, 2.05) is 19.9 Å². The average Bonchev–Trinajstić information content (AvgIpc) is 2.49. The highest BCUT2D eigenvalue weighted by Gasteiger charge is 2.06. The third-order valence-electron chi connectivity index (χ3n) is 2.28. The third-order valence-corrected chi connectivity index (χ3v) is 2.28. The van der Waals surface area contributed by atoms with Crippen LogP contribution in [0.4, 0.5) is 16.0 Å².